The Morgan fingerprint density at radius 3 is 2.55 bits per heavy atom. The Hall–Kier alpha value is -2.18. The van der Waals surface area contributed by atoms with Gasteiger partial charge >= 0.3 is 0 Å². The number of rotatable bonds is 5. The summed E-state index contributed by atoms with van der Waals surface area (Å²) in [5.41, 5.74) is -0.166. The average molecular weight is 279 g/mol. The smallest absolute Gasteiger partial charge is 0.299 e. The van der Waals surface area contributed by atoms with Crippen LogP contribution in [0.15, 0.2) is 18.2 Å². The normalized spacial score (nSPS) is 21.6. The Morgan fingerprint density at radius 2 is 2.00 bits per heavy atom. The fourth-order valence-electron chi connectivity index (χ4n) is 2.70. The maximum Gasteiger partial charge on any atom is 0.299 e. The van der Waals surface area contributed by atoms with Gasteiger partial charge < -0.3 is 5.32 Å². The molecule has 2 rings (SSSR count). The minimum atomic E-state index is -0.629. The average Bonchev–Trinajstić information content (AvgIpc) is 2.81. The number of hydrogen-bond acceptors (Lipinski definition) is 5. The van der Waals surface area contributed by atoms with Crippen LogP contribution in [0.3, 0.4) is 0 Å². The van der Waals surface area contributed by atoms with E-state index >= 15 is 0 Å². The number of nitro groups is 2. The van der Waals surface area contributed by atoms with Gasteiger partial charge in [0.05, 0.1) is 15.9 Å². The van der Waals surface area contributed by atoms with Crippen molar-refractivity contribution in [2.75, 3.05) is 11.9 Å². The predicted octanol–water partition coefficient (Wildman–Crippen LogP) is 3.35. The molecule has 0 aliphatic heterocycles. The molecular formula is C13H17N3O4. The maximum absolute atomic E-state index is 11.0. The van der Waals surface area contributed by atoms with Crippen molar-refractivity contribution in [2.24, 2.45) is 11.8 Å². The molecule has 1 saturated carbocycles. The minimum absolute atomic E-state index is 0.246. The lowest BCUT2D eigenvalue weighted by molar-refractivity contribution is -0.393. The zero-order chi connectivity index (χ0) is 14.7. The molecule has 0 spiro atoms. The molecule has 1 aliphatic carbocycles. The van der Waals surface area contributed by atoms with Crippen LogP contribution in [0.5, 0.6) is 0 Å². The van der Waals surface area contributed by atoms with E-state index in [1.165, 1.54) is 25.0 Å². The monoisotopic (exact) mass is 279 g/mol. The van der Waals surface area contributed by atoms with Crippen molar-refractivity contribution in [3.8, 4) is 0 Å². The molecule has 7 nitrogen and oxygen atoms in total. The predicted molar refractivity (Wildman–Crippen MR) is 74.7 cm³/mol. The molecule has 0 amide bonds. The van der Waals surface area contributed by atoms with Crippen LogP contribution >= 0.6 is 0 Å². The fraction of sp³-hybridized carbons (Fsp3) is 0.538. The van der Waals surface area contributed by atoms with Gasteiger partial charge in [0.25, 0.3) is 11.4 Å². The Bertz CT molecular complexity index is 532. The molecule has 2 atom stereocenters. The second kappa shape index (κ2) is 5.85. The molecular weight excluding hydrogens is 262 g/mol. The van der Waals surface area contributed by atoms with Crippen LogP contribution in [0.25, 0.3) is 0 Å². The summed E-state index contributed by atoms with van der Waals surface area (Å²) in [5, 5.41) is 24.7. The highest BCUT2D eigenvalue weighted by atomic mass is 16.6. The quantitative estimate of drug-likeness (QED) is 0.658. The molecule has 20 heavy (non-hydrogen) atoms. The Morgan fingerprint density at radius 1 is 1.25 bits per heavy atom. The van der Waals surface area contributed by atoms with E-state index in [4.69, 9.17) is 0 Å². The van der Waals surface area contributed by atoms with Gasteiger partial charge in [0.15, 0.2) is 0 Å². The first-order chi connectivity index (χ1) is 9.49. The molecule has 0 heterocycles. The van der Waals surface area contributed by atoms with Gasteiger partial charge in [-0.3, -0.25) is 20.2 Å². The van der Waals surface area contributed by atoms with Crippen LogP contribution in [-0.4, -0.2) is 16.4 Å². The number of nitro benzene ring substituents is 2. The molecule has 108 valence electrons. The first kappa shape index (κ1) is 14.2. The van der Waals surface area contributed by atoms with Gasteiger partial charge in [0, 0.05) is 12.6 Å². The van der Waals surface area contributed by atoms with Crippen LogP contribution in [0.1, 0.15) is 26.2 Å². The van der Waals surface area contributed by atoms with Gasteiger partial charge in [0.2, 0.25) is 0 Å². The van der Waals surface area contributed by atoms with E-state index in [9.17, 15) is 20.2 Å². The minimum Gasteiger partial charge on any atom is -0.379 e. The maximum atomic E-state index is 11.0. The van der Waals surface area contributed by atoms with Crippen LogP contribution in [0.2, 0.25) is 0 Å². The van der Waals surface area contributed by atoms with Crippen molar-refractivity contribution in [2.45, 2.75) is 26.2 Å². The van der Waals surface area contributed by atoms with E-state index in [0.717, 1.165) is 12.5 Å². The Labute approximate surface area is 116 Å². The first-order valence-electron chi connectivity index (χ1n) is 6.65. The summed E-state index contributed by atoms with van der Waals surface area (Å²) in [6.45, 7) is 2.85. The molecule has 1 aliphatic rings. The molecule has 1 aromatic carbocycles. The number of nitrogens with one attached hydrogen (secondary N) is 1. The number of benzene rings is 1. The molecule has 0 bridgehead atoms. The second-order valence-electron chi connectivity index (χ2n) is 5.26. The van der Waals surface area contributed by atoms with Gasteiger partial charge in [-0.2, -0.15) is 0 Å². The van der Waals surface area contributed by atoms with Crippen LogP contribution in [0.4, 0.5) is 17.1 Å². The summed E-state index contributed by atoms with van der Waals surface area (Å²) in [7, 11) is 0. The number of hydrogen-bond donors (Lipinski definition) is 1. The zero-order valence-corrected chi connectivity index (χ0v) is 11.2. The highest BCUT2D eigenvalue weighted by Crippen LogP contribution is 2.33. The Kier molecular flexibility index (Phi) is 4.16. The van der Waals surface area contributed by atoms with E-state index in [1.807, 2.05) is 0 Å². The van der Waals surface area contributed by atoms with Crippen LogP contribution < -0.4 is 5.32 Å². The third kappa shape index (κ3) is 3.04. The van der Waals surface area contributed by atoms with Crippen molar-refractivity contribution in [1.82, 2.24) is 0 Å². The largest absolute Gasteiger partial charge is 0.379 e. The lowest BCUT2D eigenvalue weighted by Crippen LogP contribution is -2.17. The highest BCUT2D eigenvalue weighted by molar-refractivity contribution is 5.65. The summed E-state index contributed by atoms with van der Waals surface area (Å²) in [4.78, 5) is 20.4. The molecule has 0 aromatic heterocycles. The molecule has 0 saturated heterocycles. The number of anilines is 1. The molecule has 7 heteroatoms. The second-order valence-corrected chi connectivity index (χ2v) is 5.26. The van der Waals surface area contributed by atoms with E-state index in [-0.39, 0.29) is 11.4 Å². The lowest BCUT2D eigenvalue weighted by atomic mass is 9.98. The van der Waals surface area contributed by atoms with Crippen molar-refractivity contribution < 1.29 is 9.85 Å². The van der Waals surface area contributed by atoms with E-state index in [1.54, 1.807) is 0 Å². The molecule has 1 N–H and O–H groups in total. The highest BCUT2D eigenvalue weighted by Gasteiger charge is 2.25. The third-order valence-corrected chi connectivity index (χ3v) is 3.98. The molecule has 2 unspecified atom stereocenters. The SMILES string of the molecule is CC1CCCC1CNc1ccc([N+](=O)[O-])cc1[N+](=O)[O-]. The Balaban J connectivity index is 2.14. The molecule has 0 radical (unpaired) electrons. The first-order valence-corrected chi connectivity index (χ1v) is 6.65. The third-order valence-electron chi connectivity index (χ3n) is 3.98. The molecule has 1 fully saturated rings. The van der Waals surface area contributed by atoms with Gasteiger partial charge in [-0.1, -0.05) is 19.8 Å². The van der Waals surface area contributed by atoms with Gasteiger partial charge in [-0.05, 0) is 24.3 Å². The van der Waals surface area contributed by atoms with E-state index in [0.29, 0.717) is 24.1 Å². The van der Waals surface area contributed by atoms with Gasteiger partial charge in [-0.15, -0.1) is 0 Å². The number of nitrogens with zero attached hydrogens (tertiary/aromatic N) is 2. The summed E-state index contributed by atoms with van der Waals surface area (Å²) in [5.74, 6) is 1.12. The standard InChI is InChI=1S/C13H17N3O4/c1-9-3-2-4-10(9)8-14-12-6-5-11(15(17)18)7-13(12)16(19)20/h5-7,9-10,14H,2-4,8H2,1H3. The molecule has 1 aromatic rings. The van der Waals surface area contributed by atoms with E-state index < -0.39 is 9.85 Å². The van der Waals surface area contributed by atoms with Crippen LogP contribution in [-0.2, 0) is 0 Å². The zero-order valence-electron chi connectivity index (χ0n) is 11.2. The summed E-state index contributed by atoms with van der Waals surface area (Å²) >= 11 is 0. The van der Waals surface area contributed by atoms with Crippen molar-refractivity contribution in [3.05, 3.63) is 38.4 Å². The van der Waals surface area contributed by atoms with Crippen LogP contribution in [0, 0.1) is 32.1 Å². The topological polar surface area (TPSA) is 98.3 Å². The summed E-state index contributed by atoms with van der Waals surface area (Å²) in [6, 6.07) is 3.70. The number of non-ortho nitro benzene ring substituents is 1. The van der Waals surface area contributed by atoms with Gasteiger partial charge in [0.1, 0.15) is 5.69 Å². The lowest BCUT2D eigenvalue weighted by Gasteiger charge is -2.16. The van der Waals surface area contributed by atoms with Crippen molar-refractivity contribution >= 4 is 17.1 Å². The van der Waals surface area contributed by atoms with E-state index in [2.05, 4.69) is 12.2 Å². The van der Waals surface area contributed by atoms with Crippen molar-refractivity contribution in [1.29, 1.82) is 0 Å². The summed E-state index contributed by atoms with van der Waals surface area (Å²) < 4.78 is 0. The summed E-state index contributed by atoms with van der Waals surface area (Å²) in [6.07, 6.45) is 3.50. The fourth-order valence-corrected chi connectivity index (χ4v) is 2.70. The van der Waals surface area contributed by atoms with Crippen molar-refractivity contribution in [3.63, 3.8) is 0 Å². The van der Waals surface area contributed by atoms with Gasteiger partial charge in [-0.25, -0.2) is 0 Å².